The van der Waals surface area contributed by atoms with E-state index in [4.69, 9.17) is 11.5 Å². The molecule has 0 radical (unpaired) electrons. The van der Waals surface area contributed by atoms with Gasteiger partial charge in [-0.1, -0.05) is 0 Å². The Morgan fingerprint density at radius 1 is 1.00 bits per heavy atom. The highest BCUT2D eigenvalue weighted by Gasteiger charge is 1.97. The van der Waals surface area contributed by atoms with Gasteiger partial charge < -0.3 is 11.5 Å². The summed E-state index contributed by atoms with van der Waals surface area (Å²) in [5.41, 5.74) is 10.9. The summed E-state index contributed by atoms with van der Waals surface area (Å²) >= 11 is 1.82. The van der Waals surface area contributed by atoms with Crippen LogP contribution in [0.2, 0.25) is 0 Å². The molecule has 3 heteroatoms. The van der Waals surface area contributed by atoms with Crippen molar-refractivity contribution in [3.05, 3.63) is 21.9 Å². The first-order valence-corrected chi connectivity index (χ1v) is 4.66. The van der Waals surface area contributed by atoms with Crippen LogP contribution in [0.15, 0.2) is 12.1 Å². The molecular weight excluding hydrogens is 156 g/mol. The molecular formula is C8H14N2S. The standard InChI is InChI=1S/C8H14N2S/c9-5-3-7-1-2-8(11-7)4-6-10/h1-2H,3-6,9-10H2. The molecule has 0 aliphatic carbocycles. The summed E-state index contributed by atoms with van der Waals surface area (Å²) < 4.78 is 0. The van der Waals surface area contributed by atoms with Gasteiger partial charge in [-0.05, 0) is 38.1 Å². The molecule has 0 aliphatic heterocycles. The van der Waals surface area contributed by atoms with Crippen LogP contribution in [0.3, 0.4) is 0 Å². The fraction of sp³-hybridized carbons (Fsp3) is 0.500. The minimum Gasteiger partial charge on any atom is -0.330 e. The number of rotatable bonds is 4. The third-order valence-electron chi connectivity index (χ3n) is 1.50. The van der Waals surface area contributed by atoms with Crippen LogP contribution in [0.5, 0.6) is 0 Å². The topological polar surface area (TPSA) is 52.0 Å². The third-order valence-corrected chi connectivity index (χ3v) is 2.70. The first-order valence-electron chi connectivity index (χ1n) is 3.84. The fourth-order valence-corrected chi connectivity index (χ4v) is 2.02. The van der Waals surface area contributed by atoms with Gasteiger partial charge in [0.1, 0.15) is 0 Å². The molecule has 0 bridgehead atoms. The van der Waals surface area contributed by atoms with Gasteiger partial charge in [-0.3, -0.25) is 0 Å². The maximum atomic E-state index is 5.43. The van der Waals surface area contributed by atoms with E-state index in [0.29, 0.717) is 0 Å². The van der Waals surface area contributed by atoms with Gasteiger partial charge in [0, 0.05) is 9.75 Å². The van der Waals surface area contributed by atoms with Crippen molar-refractivity contribution in [3.8, 4) is 0 Å². The highest BCUT2D eigenvalue weighted by molar-refractivity contribution is 7.11. The van der Waals surface area contributed by atoms with Crippen molar-refractivity contribution in [2.45, 2.75) is 12.8 Å². The van der Waals surface area contributed by atoms with Gasteiger partial charge in [0.2, 0.25) is 0 Å². The van der Waals surface area contributed by atoms with E-state index < -0.39 is 0 Å². The minimum atomic E-state index is 0.739. The van der Waals surface area contributed by atoms with E-state index >= 15 is 0 Å². The molecule has 0 atom stereocenters. The normalized spacial score (nSPS) is 10.4. The van der Waals surface area contributed by atoms with E-state index in [2.05, 4.69) is 12.1 Å². The van der Waals surface area contributed by atoms with E-state index in [0.717, 1.165) is 25.9 Å². The van der Waals surface area contributed by atoms with Crippen LogP contribution in [-0.2, 0) is 12.8 Å². The molecule has 0 saturated heterocycles. The summed E-state index contributed by atoms with van der Waals surface area (Å²) in [6, 6.07) is 4.28. The molecule has 0 amide bonds. The fourth-order valence-electron chi connectivity index (χ4n) is 0.976. The van der Waals surface area contributed by atoms with Gasteiger partial charge in [0.15, 0.2) is 0 Å². The first-order chi connectivity index (χ1) is 5.36. The summed E-state index contributed by atoms with van der Waals surface area (Å²) in [4.78, 5) is 2.74. The SMILES string of the molecule is NCCc1ccc(CCN)s1. The number of hydrogen-bond acceptors (Lipinski definition) is 3. The zero-order chi connectivity index (χ0) is 8.10. The van der Waals surface area contributed by atoms with E-state index in [-0.39, 0.29) is 0 Å². The second-order valence-electron chi connectivity index (χ2n) is 2.45. The Morgan fingerprint density at radius 3 is 1.82 bits per heavy atom. The highest BCUT2D eigenvalue weighted by atomic mass is 32.1. The van der Waals surface area contributed by atoms with Gasteiger partial charge in [0.05, 0.1) is 0 Å². The Hall–Kier alpha value is -0.380. The molecule has 1 heterocycles. The van der Waals surface area contributed by atoms with Crippen molar-refractivity contribution in [2.75, 3.05) is 13.1 Å². The molecule has 1 aromatic rings. The molecule has 0 aliphatic rings. The molecule has 0 unspecified atom stereocenters. The van der Waals surface area contributed by atoms with Crippen LogP contribution in [0.1, 0.15) is 9.75 Å². The van der Waals surface area contributed by atoms with Gasteiger partial charge in [-0.2, -0.15) is 0 Å². The smallest absolute Gasteiger partial charge is 0.00607 e. The molecule has 1 aromatic heterocycles. The highest BCUT2D eigenvalue weighted by Crippen LogP contribution is 2.16. The Labute approximate surface area is 71.2 Å². The molecule has 0 spiro atoms. The van der Waals surface area contributed by atoms with Crippen LogP contribution in [-0.4, -0.2) is 13.1 Å². The van der Waals surface area contributed by atoms with Crippen molar-refractivity contribution in [1.29, 1.82) is 0 Å². The Morgan fingerprint density at radius 2 is 1.45 bits per heavy atom. The lowest BCUT2D eigenvalue weighted by atomic mass is 10.3. The average molecular weight is 170 g/mol. The molecule has 0 aromatic carbocycles. The zero-order valence-electron chi connectivity index (χ0n) is 6.55. The van der Waals surface area contributed by atoms with Gasteiger partial charge in [-0.15, -0.1) is 11.3 Å². The van der Waals surface area contributed by atoms with E-state index in [9.17, 15) is 0 Å². The van der Waals surface area contributed by atoms with Crippen molar-refractivity contribution < 1.29 is 0 Å². The molecule has 11 heavy (non-hydrogen) atoms. The lowest BCUT2D eigenvalue weighted by molar-refractivity contribution is 0.988. The maximum Gasteiger partial charge on any atom is 0.00607 e. The first kappa shape index (κ1) is 8.71. The average Bonchev–Trinajstić information content (AvgIpc) is 2.38. The second-order valence-corrected chi connectivity index (χ2v) is 3.70. The van der Waals surface area contributed by atoms with Crippen LogP contribution in [0.25, 0.3) is 0 Å². The number of thiophene rings is 1. The van der Waals surface area contributed by atoms with E-state index in [1.807, 2.05) is 11.3 Å². The van der Waals surface area contributed by atoms with Crippen molar-refractivity contribution >= 4 is 11.3 Å². The molecule has 1 rings (SSSR count). The Balaban J connectivity index is 2.51. The van der Waals surface area contributed by atoms with Crippen molar-refractivity contribution in [1.82, 2.24) is 0 Å². The summed E-state index contributed by atoms with van der Waals surface area (Å²) in [5, 5.41) is 0. The quantitative estimate of drug-likeness (QED) is 0.700. The molecule has 62 valence electrons. The molecule has 2 nitrogen and oxygen atoms in total. The zero-order valence-corrected chi connectivity index (χ0v) is 7.36. The lowest BCUT2D eigenvalue weighted by Gasteiger charge is -1.90. The largest absolute Gasteiger partial charge is 0.330 e. The molecule has 4 N–H and O–H groups in total. The van der Waals surface area contributed by atoms with E-state index in [1.54, 1.807) is 0 Å². The van der Waals surface area contributed by atoms with Crippen LogP contribution >= 0.6 is 11.3 Å². The maximum absolute atomic E-state index is 5.43. The predicted molar refractivity (Wildman–Crippen MR) is 49.8 cm³/mol. The lowest BCUT2D eigenvalue weighted by Crippen LogP contribution is -2.01. The number of hydrogen-bond donors (Lipinski definition) is 2. The monoisotopic (exact) mass is 170 g/mol. The third kappa shape index (κ3) is 2.61. The summed E-state index contributed by atoms with van der Waals surface area (Å²) in [6.45, 7) is 1.48. The van der Waals surface area contributed by atoms with Gasteiger partial charge >= 0.3 is 0 Å². The van der Waals surface area contributed by atoms with Crippen molar-refractivity contribution in [2.24, 2.45) is 11.5 Å². The summed E-state index contributed by atoms with van der Waals surface area (Å²) in [5.74, 6) is 0. The molecule has 0 saturated carbocycles. The van der Waals surface area contributed by atoms with Crippen LogP contribution in [0.4, 0.5) is 0 Å². The van der Waals surface area contributed by atoms with Gasteiger partial charge in [-0.25, -0.2) is 0 Å². The van der Waals surface area contributed by atoms with E-state index in [1.165, 1.54) is 9.75 Å². The Bertz CT molecular complexity index is 187. The minimum absolute atomic E-state index is 0.739. The van der Waals surface area contributed by atoms with Crippen molar-refractivity contribution in [3.63, 3.8) is 0 Å². The summed E-state index contributed by atoms with van der Waals surface area (Å²) in [6.07, 6.45) is 1.99. The second kappa shape index (κ2) is 4.49. The van der Waals surface area contributed by atoms with Crippen LogP contribution in [0, 0.1) is 0 Å². The Kier molecular flexibility index (Phi) is 3.56. The van der Waals surface area contributed by atoms with Gasteiger partial charge in [0.25, 0.3) is 0 Å². The molecule has 0 fully saturated rings. The summed E-state index contributed by atoms with van der Waals surface area (Å²) in [7, 11) is 0. The number of nitrogens with two attached hydrogens (primary N) is 2. The predicted octanol–water partition coefficient (Wildman–Crippen LogP) is 0.750. The van der Waals surface area contributed by atoms with Crippen LogP contribution < -0.4 is 11.5 Å².